The molecule has 0 bridgehead atoms. The van der Waals surface area contributed by atoms with E-state index in [-0.39, 0.29) is 0 Å². The van der Waals surface area contributed by atoms with Crippen LogP contribution in [0.5, 0.6) is 0 Å². The molecule has 0 aliphatic heterocycles. The van der Waals surface area contributed by atoms with Gasteiger partial charge in [0.25, 0.3) is 0 Å². The molecule has 1 nitrogen and oxygen atoms in total. The Morgan fingerprint density at radius 1 is 1.26 bits per heavy atom. The van der Waals surface area contributed by atoms with Crippen LogP contribution in [0.4, 0.5) is 0 Å². The van der Waals surface area contributed by atoms with Crippen LogP contribution in [0, 0.1) is 11.8 Å². The highest BCUT2D eigenvalue weighted by molar-refractivity contribution is 6.31. The number of hydrogen-bond donors (Lipinski definition) is 1. The summed E-state index contributed by atoms with van der Waals surface area (Å²) in [5.41, 5.74) is 1.32. The molecular formula is C17H26ClN. The molecule has 0 spiro atoms. The SMILES string of the molecule is CCCNCC(Cc1ccccc1Cl)C1CCCC1. The molecule has 106 valence electrons. The smallest absolute Gasteiger partial charge is 0.0438 e. The number of benzene rings is 1. The van der Waals surface area contributed by atoms with Crippen molar-refractivity contribution >= 4 is 11.6 Å². The first kappa shape index (κ1) is 14.9. The molecule has 1 aromatic rings. The van der Waals surface area contributed by atoms with E-state index in [2.05, 4.69) is 24.4 Å². The molecular weight excluding hydrogens is 254 g/mol. The van der Waals surface area contributed by atoms with Crippen molar-refractivity contribution in [3.8, 4) is 0 Å². The standard InChI is InChI=1S/C17H26ClN/c1-2-11-19-13-16(14-7-3-4-8-14)12-15-9-5-6-10-17(15)18/h5-6,9-10,14,16,19H,2-4,7-8,11-13H2,1H3. The van der Waals surface area contributed by atoms with Gasteiger partial charge < -0.3 is 5.32 Å². The fraction of sp³-hybridized carbons (Fsp3) is 0.647. The molecule has 2 rings (SSSR count). The minimum absolute atomic E-state index is 0.744. The summed E-state index contributed by atoms with van der Waals surface area (Å²) in [5, 5.41) is 4.54. The molecule has 1 aliphatic rings. The monoisotopic (exact) mass is 279 g/mol. The number of halogens is 1. The van der Waals surface area contributed by atoms with E-state index in [1.165, 1.54) is 37.7 Å². The van der Waals surface area contributed by atoms with Gasteiger partial charge in [-0.1, -0.05) is 62.4 Å². The van der Waals surface area contributed by atoms with E-state index < -0.39 is 0 Å². The van der Waals surface area contributed by atoms with E-state index >= 15 is 0 Å². The summed E-state index contributed by atoms with van der Waals surface area (Å²) in [5.74, 6) is 1.63. The Hall–Kier alpha value is -0.530. The molecule has 19 heavy (non-hydrogen) atoms. The van der Waals surface area contributed by atoms with Crippen LogP contribution in [0.15, 0.2) is 24.3 Å². The fourth-order valence-electron chi connectivity index (χ4n) is 3.24. The van der Waals surface area contributed by atoms with Crippen molar-refractivity contribution in [2.75, 3.05) is 13.1 Å². The van der Waals surface area contributed by atoms with Crippen molar-refractivity contribution in [1.82, 2.24) is 5.32 Å². The van der Waals surface area contributed by atoms with Gasteiger partial charge in [0.15, 0.2) is 0 Å². The quantitative estimate of drug-likeness (QED) is 0.714. The van der Waals surface area contributed by atoms with Crippen LogP contribution in [0.3, 0.4) is 0 Å². The first-order chi connectivity index (χ1) is 9.31. The van der Waals surface area contributed by atoms with Gasteiger partial charge in [0.1, 0.15) is 0 Å². The number of hydrogen-bond acceptors (Lipinski definition) is 1. The molecule has 0 saturated heterocycles. The van der Waals surface area contributed by atoms with Gasteiger partial charge in [0, 0.05) is 5.02 Å². The lowest BCUT2D eigenvalue weighted by molar-refractivity contribution is 0.321. The Kier molecular flexibility index (Phi) is 6.19. The first-order valence-corrected chi connectivity index (χ1v) is 8.13. The molecule has 1 unspecified atom stereocenters. The second-order valence-electron chi connectivity index (χ2n) is 5.80. The van der Waals surface area contributed by atoms with Crippen LogP contribution >= 0.6 is 11.6 Å². The van der Waals surface area contributed by atoms with Crippen LogP contribution in [-0.4, -0.2) is 13.1 Å². The molecule has 1 aliphatic carbocycles. The first-order valence-electron chi connectivity index (χ1n) is 7.75. The highest BCUT2D eigenvalue weighted by Gasteiger charge is 2.25. The van der Waals surface area contributed by atoms with Gasteiger partial charge >= 0.3 is 0 Å². The lowest BCUT2D eigenvalue weighted by atomic mass is 9.85. The van der Waals surface area contributed by atoms with E-state index in [4.69, 9.17) is 11.6 Å². The van der Waals surface area contributed by atoms with Crippen molar-refractivity contribution in [2.45, 2.75) is 45.4 Å². The largest absolute Gasteiger partial charge is 0.316 e. The maximum Gasteiger partial charge on any atom is 0.0438 e. The lowest BCUT2D eigenvalue weighted by Gasteiger charge is -2.24. The van der Waals surface area contributed by atoms with Crippen molar-refractivity contribution in [2.24, 2.45) is 11.8 Å². The third-order valence-corrected chi connectivity index (χ3v) is 4.71. The zero-order valence-corrected chi connectivity index (χ0v) is 12.8. The average molecular weight is 280 g/mol. The Morgan fingerprint density at radius 3 is 2.68 bits per heavy atom. The Bertz CT molecular complexity index is 371. The van der Waals surface area contributed by atoms with E-state index in [1.807, 2.05) is 12.1 Å². The Balaban J connectivity index is 1.98. The van der Waals surface area contributed by atoms with Gasteiger partial charge in [-0.2, -0.15) is 0 Å². The zero-order valence-electron chi connectivity index (χ0n) is 12.0. The van der Waals surface area contributed by atoms with Crippen LogP contribution in [0.25, 0.3) is 0 Å². The summed E-state index contributed by atoms with van der Waals surface area (Å²) < 4.78 is 0. The second-order valence-corrected chi connectivity index (χ2v) is 6.21. The van der Waals surface area contributed by atoms with E-state index in [0.717, 1.165) is 36.4 Å². The Morgan fingerprint density at radius 2 is 2.00 bits per heavy atom. The van der Waals surface area contributed by atoms with Gasteiger partial charge in [-0.3, -0.25) is 0 Å². The summed E-state index contributed by atoms with van der Waals surface area (Å²) in [4.78, 5) is 0. The van der Waals surface area contributed by atoms with Crippen LogP contribution in [-0.2, 0) is 6.42 Å². The molecule has 0 amide bonds. The summed E-state index contributed by atoms with van der Waals surface area (Å²) in [7, 11) is 0. The molecule has 1 N–H and O–H groups in total. The van der Waals surface area contributed by atoms with Crippen molar-refractivity contribution in [3.63, 3.8) is 0 Å². The fourth-order valence-corrected chi connectivity index (χ4v) is 3.46. The predicted molar refractivity (Wildman–Crippen MR) is 83.8 cm³/mol. The summed E-state index contributed by atoms with van der Waals surface area (Å²) in [6.07, 6.45) is 7.98. The third-order valence-electron chi connectivity index (χ3n) is 4.34. The van der Waals surface area contributed by atoms with E-state index in [0.29, 0.717) is 0 Å². The van der Waals surface area contributed by atoms with Gasteiger partial charge in [0.2, 0.25) is 0 Å². The maximum absolute atomic E-state index is 6.32. The summed E-state index contributed by atoms with van der Waals surface area (Å²) in [6.45, 7) is 4.50. The number of nitrogens with one attached hydrogen (secondary N) is 1. The van der Waals surface area contributed by atoms with Crippen molar-refractivity contribution in [1.29, 1.82) is 0 Å². The van der Waals surface area contributed by atoms with Crippen LogP contribution < -0.4 is 5.32 Å². The number of rotatable bonds is 7. The highest BCUT2D eigenvalue weighted by Crippen LogP contribution is 2.34. The van der Waals surface area contributed by atoms with Crippen LogP contribution in [0.1, 0.15) is 44.6 Å². The molecule has 0 radical (unpaired) electrons. The van der Waals surface area contributed by atoms with Crippen LogP contribution in [0.2, 0.25) is 5.02 Å². The summed E-state index contributed by atoms with van der Waals surface area (Å²) >= 11 is 6.32. The summed E-state index contributed by atoms with van der Waals surface area (Å²) in [6, 6.07) is 8.32. The van der Waals surface area contributed by atoms with Gasteiger partial charge in [0.05, 0.1) is 0 Å². The van der Waals surface area contributed by atoms with Gasteiger partial charge in [-0.05, 0) is 49.4 Å². The van der Waals surface area contributed by atoms with Gasteiger partial charge in [-0.15, -0.1) is 0 Å². The van der Waals surface area contributed by atoms with E-state index in [9.17, 15) is 0 Å². The van der Waals surface area contributed by atoms with Gasteiger partial charge in [-0.25, -0.2) is 0 Å². The average Bonchev–Trinajstić information content (AvgIpc) is 2.94. The third kappa shape index (κ3) is 4.50. The topological polar surface area (TPSA) is 12.0 Å². The normalized spacial score (nSPS) is 17.8. The molecule has 2 heteroatoms. The molecule has 1 atom stereocenters. The van der Waals surface area contributed by atoms with Crippen molar-refractivity contribution < 1.29 is 0 Å². The zero-order chi connectivity index (χ0) is 13.5. The minimum Gasteiger partial charge on any atom is -0.316 e. The molecule has 1 saturated carbocycles. The van der Waals surface area contributed by atoms with E-state index in [1.54, 1.807) is 0 Å². The minimum atomic E-state index is 0.744. The highest BCUT2D eigenvalue weighted by atomic mass is 35.5. The maximum atomic E-state index is 6.32. The molecule has 0 heterocycles. The Labute approximate surface area is 122 Å². The molecule has 1 aromatic carbocycles. The van der Waals surface area contributed by atoms with Crippen molar-refractivity contribution in [3.05, 3.63) is 34.9 Å². The predicted octanol–water partition coefficient (Wildman–Crippen LogP) is 4.69. The molecule has 0 aromatic heterocycles. The molecule has 1 fully saturated rings. The lowest BCUT2D eigenvalue weighted by Crippen LogP contribution is -2.29. The second kappa shape index (κ2) is 7.91.